The maximum atomic E-state index is 13.7. The summed E-state index contributed by atoms with van der Waals surface area (Å²) in [5.74, 6) is -0.359. The van der Waals surface area contributed by atoms with Gasteiger partial charge in [-0.3, -0.25) is 9.10 Å². The van der Waals surface area contributed by atoms with Crippen molar-refractivity contribution in [2.75, 3.05) is 29.9 Å². The van der Waals surface area contributed by atoms with Gasteiger partial charge < -0.3 is 4.42 Å². The van der Waals surface area contributed by atoms with E-state index in [4.69, 9.17) is 4.42 Å². The van der Waals surface area contributed by atoms with Crippen LogP contribution in [-0.4, -0.2) is 58.6 Å². The number of sulfonamides is 2. The minimum atomic E-state index is -3.90. The van der Waals surface area contributed by atoms with Crippen LogP contribution in [0, 0.1) is 5.82 Å². The van der Waals surface area contributed by atoms with E-state index < -0.39 is 25.9 Å². The third kappa shape index (κ3) is 6.52. The van der Waals surface area contributed by atoms with Crippen LogP contribution in [0.3, 0.4) is 0 Å². The number of hydrogen-bond donors (Lipinski definition) is 0. The summed E-state index contributed by atoms with van der Waals surface area (Å²) in [5, 5.41) is 0.493. The highest BCUT2D eigenvalue weighted by atomic mass is 32.2. The van der Waals surface area contributed by atoms with Gasteiger partial charge in [0.25, 0.3) is 0 Å². The second kappa shape index (κ2) is 11.8. The Morgan fingerprint density at radius 1 is 0.878 bits per heavy atom. The van der Waals surface area contributed by atoms with Crippen LogP contribution >= 0.6 is 0 Å². The lowest BCUT2D eigenvalue weighted by molar-refractivity contribution is 0.0989. The molecule has 0 saturated carbocycles. The van der Waals surface area contributed by atoms with Crippen molar-refractivity contribution >= 4 is 42.5 Å². The van der Waals surface area contributed by atoms with Gasteiger partial charge in [-0.25, -0.2) is 21.2 Å². The molecule has 0 unspecified atom stereocenters. The van der Waals surface area contributed by atoms with E-state index in [1.807, 2.05) is 30.3 Å². The van der Waals surface area contributed by atoms with E-state index in [1.165, 1.54) is 28.6 Å². The fourth-order valence-corrected chi connectivity index (χ4v) is 7.01. The summed E-state index contributed by atoms with van der Waals surface area (Å²) in [6, 6.07) is 17.6. The highest BCUT2D eigenvalue weighted by Crippen LogP contribution is 2.42. The summed E-state index contributed by atoms with van der Waals surface area (Å²) in [7, 11) is -7.51. The average molecular weight is 601 g/mol. The smallest absolute Gasteiger partial charge is 0.232 e. The second-order valence-corrected chi connectivity index (χ2v) is 14.0. The minimum absolute atomic E-state index is 0.0750. The van der Waals surface area contributed by atoms with E-state index in [0.29, 0.717) is 27.6 Å². The van der Waals surface area contributed by atoms with Gasteiger partial charge in [0.05, 0.1) is 23.8 Å². The highest BCUT2D eigenvalue weighted by molar-refractivity contribution is 7.92. The molecule has 11 heteroatoms. The summed E-state index contributed by atoms with van der Waals surface area (Å²) < 4.78 is 73.5. The van der Waals surface area contributed by atoms with Crippen molar-refractivity contribution in [3.63, 3.8) is 0 Å². The zero-order valence-corrected chi connectivity index (χ0v) is 25.2. The molecule has 0 N–H and O–H groups in total. The molecule has 8 nitrogen and oxygen atoms in total. The molecule has 0 aliphatic carbocycles. The fourth-order valence-electron chi connectivity index (χ4n) is 4.91. The molecule has 0 saturated heterocycles. The van der Waals surface area contributed by atoms with Crippen LogP contribution in [0.4, 0.5) is 10.1 Å². The van der Waals surface area contributed by atoms with Crippen LogP contribution in [0.1, 0.15) is 37.6 Å². The first-order chi connectivity index (χ1) is 19.2. The van der Waals surface area contributed by atoms with Crippen LogP contribution < -0.4 is 4.31 Å². The number of Topliss-reactive ketones (excluding diaryl/α,β-unsaturated/α-hetero) is 1. The van der Waals surface area contributed by atoms with E-state index >= 15 is 0 Å². The van der Waals surface area contributed by atoms with Gasteiger partial charge in [0, 0.05) is 48.1 Å². The van der Waals surface area contributed by atoms with Gasteiger partial charge in [-0.15, -0.1) is 0 Å². The molecule has 4 aromatic rings. The summed E-state index contributed by atoms with van der Waals surface area (Å²) >= 11 is 0. The van der Waals surface area contributed by atoms with Gasteiger partial charge in [0.1, 0.15) is 17.2 Å². The van der Waals surface area contributed by atoms with E-state index in [0.717, 1.165) is 16.8 Å². The molecule has 1 heterocycles. The van der Waals surface area contributed by atoms with Gasteiger partial charge in [-0.05, 0) is 49.7 Å². The molecular weight excluding hydrogens is 567 g/mol. The molecule has 0 radical (unpaired) electrons. The normalized spacial score (nSPS) is 12.4. The molecule has 0 amide bonds. The third-order valence-corrected chi connectivity index (χ3v) is 9.43. The van der Waals surface area contributed by atoms with Gasteiger partial charge in [0.2, 0.25) is 20.0 Å². The Balaban J connectivity index is 2.00. The zero-order valence-electron chi connectivity index (χ0n) is 23.6. The molecular formula is C30H33FN2O6S2. The summed E-state index contributed by atoms with van der Waals surface area (Å²) in [6.07, 6.45) is 2.34. The summed E-state index contributed by atoms with van der Waals surface area (Å²) in [5.41, 5.74) is 2.60. The first kappa shape index (κ1) is 30.4. The lowest BCUT2D eigenvalue weighted by atomic mass is 9.96. The molecule has 4 rings (SSSR count). The van der Waals surface area contributed by atoms with Crippen molar-refractivity contribution in [3.05, 3.63) is 78.1 Å². The summed E-state index contributed by atoms with van der Waals surface area (Å²) in [6.45, 7) is 4.95. The first-order valence-corrected chi connectivity index (χ1v) is 16.8. The molecule has 0 bridgehead atoms. The molecule has 41 heavy (non-hydrogen) atoms. The number of furan rings is 1. The van der Waals surface area contributed by atoms with E-state index in [2.05, 4.69) is 0 Å². The van der Waals surface area contributed by atoms with E-state index in [9.17, 15) is 26.0 Å². The molecule has 1 aromatic heterocycles. The molecule has 218 valence electrons. The predicted octanol–water partition coefficient (Wildman–Crippen LogP) is 5.93. The number of hydrogen-bond acceptors (Lipinski definition) is 6. The topological polar surface area (TPSA) is 105 Å². The predicted molar refractivity (Wildman–Crippen MR) is 161 cm³/mol. The molecule has 3 aromatic carbocycles. The summed E-state index contributed by atoms with van der Waals surface area (Å²) in [4.78, 5) is 13.2. The quantitative estimate of drug-likeness (QED) is 0.198. The Bertz CT molecular complexity index is 1780. The van der Waals surface area contributed by atoms with Gasteiger partial charge >= 0.3 is 0 Å². The molecule has 0 aliphatic rings. The number of halogens is 1. The van der Waals surface area contributed by atoms with Crippen molar-refractivity contribution in [1.29, 1.82) is 0 Å². The average Bonchev–Trinajstić information content (AvgIpc) is 3.27. The van der Waals surface area contributed by atoms with Gasteiger partial charge in [0.15, 0.2) is 5.78 Å². The number of carbonyl (C=O) groups excluding carboxylic acids is 1. The molecule has 0 atom stereocenters. The number of benzene rings is 3. The van der Waals surface area contributed by atoms with Crippen molar-refractivity contribution < 1.29 is 30.4 Å². The van der Waals surface area contributed by atoms with E-state index in [-0.39, 0.29) is 48.4 Å². The van der Waals surface area contributed by atoms with Crippen LogP contribution in [0.15, 0.2) is 71.1 Å². The van der Waals surface area contributed by atoms with Crippen molar-refractivity contribution in [3.8, 4) is 22.5 Å². The Hall–Kier alpha value is -3.54. The molecule has 0 spiro atoms. The lowest BCUT2D eigenvalue weighted by Gasteiger charge is -2.30. The van der Waals surface area contributed by atoms with Crippen molar-refractivity contribution in [2.24, 2.45) is 0 Å². The monoisotopic (exact) mass is 600 g/mol. The van der Waals surface area contributed by atoms with Crippen LogP contribution in [0.2, 0.25) is 0 Å². The maximum Gasteiger partial charge on any atom is 0.232 e. The zero-order chi connectivity index (χ0) is 30.1. The number of anilines is 1. The SMILES string of the molecule is CCC(=O)c1c(-c2ccc(F)cc2)oc2cc(N(CCN(C(C)C)S(C)(=O)=O)S(C)(=O)=O)c(-c3ccccc3)cc12. The number of nitrogens with zero attached hydrogens (tertiary/aromatic N) is 2. The van der Waals surface area contributed by atoms with Gasteiger partial charge in [-0.2, -0.15) is 4.31 Å². The van der Waals surface area contributed by atoms with Crippen molar-refractivity contribution in [1.82, 2.24) is 4.31 Å². The van der Waals surface area contributed by atoms with Crippen LogP contribution in [0.25, 0.3) is 33.4 Å². The first-order valence-electron chi connectivity index (χ1n) is 13.1. The van der Waals surface area contributed by atoms with Crippen LogP contribution in [0.5, 0.6) is 0 Å². The van der Waals surface area contributed by atoms with Crippen molar-refractivity contribution in [2.45, 2.75) is 33.2 Å². The standard InChI is InChI=1S/C30H33FN2O6S2/c1-6-27(34)29-25-18-24(21-10-8-7-9-11-21)26(19-28(25)39-30(29)22-12-14-23(31)15-13-22)33(41(5,37)38)17-16-32(20(2)3)40(4,35)36/h7-15,18-20H,6,16-17H2,1-5H3. The third-order valence-electron chi connectivity index (χ3n) is 6.79. The molecule has 0 fully saturated rings. The Labute approximate surface area is 240 Å². The van der Waals surface area contributed by atoms with E-state index in [1.54, 1.807) is 32.9 Å². The number of carbonyl (C=O) groups is 1. The Kier molecular flexibility index (Phi) is 8.72. The Morgan fingerprint density at radius 3 is 2.05 bits per heavy atom. The van der Waals surface area contributed by atoms with Gasteiger partial charge in [-0.1, -0.05) is 37.3 Å². The number of ketones is 1. The molecule has 0 aliphatic heterocycles. The largest absolute Gasteiger partial charge is 0.455 e. The minimum Gasteiger partial charge on any atom is -0.455 e. The highest BCUT2D eigenvalue weighted by Gasteiger charge is 2.29. The number of rotatable bonds is 11. The maximum absolute atomic E-state index is 13.7. The Morgan fingerprint density at radius 2 is 1.51 bits per heavy atom. The van der Waals surface area contributed by atoms with Crippen LogP contribution in [-0.2, 0) is 20.0 Å². The number of fused-ring (bicyclic) bond motifs is 1. The fraction of sp³-hybridized carbons (Fsp3) is 0.300. The second-order valence-electron chi connectivity index (χ2n) is 10.1. The lowest BCUT2D eigenvalue weighted by Crippen LogP contribution is -2.43.